The number of nitrogens with two attached hydrogens (primary N) is 1. The molecule has 1 fully saturated rings. The van der Waals surface area contributed by atoms with Crippen LogP contribution in [0.15, 0.2) is 30.7 Å². The molecule has 0 spiro atoms. The molecule has 1 saturated heterocycles. The molecule has 0 bridgehead atoms. The zero-order chi connectivity index (χ0) is 13.9. The van der Waals surface area contributed by atoms with E-state index in [-0.39, 0.29) is 0 Å². The molecule has 3 heterocycles. The Labute approximate surface area is 131 Å². The van der Waals surface area contributed by atoms with Gasteiger partial charge in [0.15, 0.2) is 5.82 Å². The highest BCUT2D eigenvalue weighted by molar-refractivity contribution is 14.1. The molecule has 0 unspecified atom stereocenters. The fourth-order valence-electron chi connectivity index (χ4n) is 2.26. The topological polar surface area (TPSA) is 71.2 Å². The van der Waals surface area contributed by atoms with Gasteiger partial charge >= 0.3 is 0 Å². The molecule has 2 N–H and O–H groups in total. The molecule has 1 aliphatic rings. The number of aromatic nitrogens is 3. The van der Waals surface area contributed by atoms with Gasteiger partial charge in [-0.25, -0.2) is 15.0 Å². The van der Waals surface area contributed by atoms with Crippen molar-refractivity contribution in [1.82, 2.24) is 15.0 Å². The minimum atomic E-state index is 0.728. The van der Waals surface area contributed by atoms with Crippen molar-refractivity contribution < 1.29 is 0 Å². The van der Waals surface area contributed by atoms with Crippen molar-refractivity contribution in [3.63, 3.8) is 0 Å². The minimum Gasteiger partial charge on any atom is -0.396 e. The Morgan fingerprint density at radius 3 is 2.30 bits per heavy atom. The molecule has 2 aromatic heterocycles. The number of nitrogen functional groups attached to an aromatic ring is 1. The van der Waals surface area contributed by atoms with E-state index in [0.717, 1.165) is 47.2 Å². The Morgan fingerprint density at radius 2 is 1.65 bits per heavy atom. The lowest BCUT2D eigenvalue weighted by atomic mass is 10.3. The van der Waals surface area contributed by atoms with Crippen molar-refractivity contribution in [2.75, 3.05) is 41.7 Å². The standard InChI is InChI=1S/C13H15IN6/c14-10-8-17-13(18-9-10)20-6-4-19(5-7-20)12-11(15)2-1-3-16-12/h1-3,8-9H,4-7,15H2. The van der Waals surface area contributed by atoms with Gasteiger partial charge in [-0.1, -0.05) is 0 Å². The normalized spacial score (nSPS) is 15.4. The molecule has 6 nitrogen and oxygen atoms in total. The lowest BCUT2D eigenvalue weighted by Crippen LogP contribution is -2.47. The summed E-state index contributed by atoms with van der Waals surface area (Å²) < 4.78 is 1.05. The van der Waals surface area contributed by atoms with Gasteiger partial charge in [-0.15, -0.1) is 0 Å². The second-order valence-electron chi connectivity index (χ2n) is 4.59. The third-order valence-corrected chi connectivity index (χ3v) is 3.84. The summed E-state index contributed by atoms with van der Waals surface area (Å²) in [5.74, 6) is 1.66. The van der Waals surface area contributed by atoms with Gasteiger partial charge in [-0.3, -0.25) is 0 Å². The summed E-state index contributed by atoms with van der Waals surface area (Å²) in [5, 5.41) is 0. The van der Waals surface area contributed by atoms with Crippen molar-refractivity contribution in [3.05, 3.63) is 34.3 Å². The van der Waals surface area contributed by atoms with Gasteiger partial charge in [-0.2, -0.15) is 0 Å². The largest absolute Gasteiger partial charge is 0.396 e. The third-order valence-electron chi connectivity index (χ3n) is 3.29. The van der Waals surface area contributed by atoms with Crippen LogP contribution in [0, 0.1) is 3.57 Å². The van der Waals surface area contributed by atoms with Gasteiger partial charge in [0.25, 0.3) is 0 Å². The van der Waals surface area contributed by atoms with Gasteiger partial charge < -0.3 is 15.5 Å². The maximum atomic E-state index is 5.97. The van der Waals surface area contributed by atoms with E-state index in [2.05, 4.69) is 47.3 Å². The number of piperazine rings is 1. The van der Waals surface area contributed by atoms with Crippen LogP contribution in [0.4, 0.5) is 17.5 Å². The number of nitrogens with zero attached hydrogens (tertiary/aromatic N) is 5. The van der Waals surface area contributed by atoms with E-state index in [0.29, 0.717) is 0 Å². The van der Waals surface area contributed by atoms with Crippen LogP contribution < -0.4 is 15.5 Å². The summed E-state index contributed by atoms with van der Waals surface area (Å²) in [7, 11) is 0. The van der Waals surface area contributed by atoms with Crippen molar-refractivity contribution in [2.24, 2.45) is 0 Å². The first-order chi connectivity index (χ1) is 9.74. The SMILES string of the molecule is Nc1cccnc1N1CCN(c2ncc(I)cn2)CC1. The summed E-state index contributed by atoms with van der Waals surface area (Å²) >= 11 is 2.21. The van der Waals surface area contributed by atoms with E-state index in [4.69, 9.17) is 5.73 Å². The fourth-order valence-corrected chi connectivity index (χ4v) is 2.54. The molecular formula is C13H15IN6. The molecule has 20 heavy (non-hydrogen) atoms. The summed E-state index contributed by atoms with van der Waals surface area (Å²) in [5.41, 5.74) is 6.70. The average molecular weight is 382 g/mol. The van der Waals surface area contributed by atoms with Crippen LogP contribution in [-0.2, 0) is 0 Å². The van der Waals surface area contributed by atoms with Crippen LogP contribution in [0.1, 0.15) is 0 Å². The second kappa shape index (κ2) is 5.78. The molecule has 0 atom stereocenters. The molecule has 1 aliphatic heterocycles. The van der Waals surface area contributed by atoms with Crippen molar-refractivity contribution in [3.8, 4) is 0 Å². The maximum Gasteiger partial charge on any atom is 0.225 e. The Balaban J connectivity index is 1.68. The number of halogens is 1. The first kappa shape index (κ1) is 13.3. The molecule has 0 aliphatic carbocycles. The molecule has 0 aromatic carbocycles. The molecule has 0 amide bonds. The molecule has 3 rings (SSSR count). The van der Waals surface area contributed by atoms with Crippen LogP contribution in [0.2, 0.25) is 0 Å². The number of hydrogen-bond donors (Lipinski definition) is 1. The smallest absolute Gasteiger partial charge is 0.225 e. The van der Waals surface area contributed by atoms with Crippen molar-refractivity contribution in [2.45, 2.75) is 0 Å². The number of pyridine rings is 1. The van der Waals surface area contributed by atoms with E-state index in [1.807, 2.05) is 24.5 Å². The Morgan fingerprint density at radius 1 is 1.00 bits per heavy atom. The Kier molecular flexibility index (Phi) is 3.86. The summed E-state index contributed by atoms with van der Waals surface area (Å²) in [6, 6.07) is 3.74. The lowest BCUT2D eigenvalue weighted by Gasteiger charge is -2.35. The zero-order valence-corrected chi connectivity index (χ0v) is 13.1. The van der Waals surface area contributed by atoms with Crippen LogP contribution in [0.5, 0.6) is 0 Å². The molecule has 2 aromatic rings. The van der Waals surface area contributed by atoms with Crippen molar-refractivity contribution >= 4 is 40.0 Å². The van der Waals surface area contributed by atoms with Gasteiger partial charge in [0, 0.05) is 48.3 Å². The van der Waals surface area contributed by atoms with E-state index < -0.39 is 0 Å². The highest BCUT2D eigenvalue weighted by Crippen LogP contribution is 2.21. The van der Waals surface area contributed by atoms with Gasteiger partial charge in [0.05, 0.1) is 5.69 Å². The maximum absolute atomic E-state index is 5.97. The highest BCUT2D eigenvalue weighted by atomic mass is 127. The zero-order valence-electron chi connectivity index (χ0n) is 10.9. The molecular weight excluding hydrogens is 367 g/mol. The Hall–Kier alpha value is -1.64. The quantitative estimate of drug-likeness (QED) is 0.792. The van der Waals surface area contributed by atoms with E-state index in [1.54, 1.807) is 6.20 Å². The highest BCUT2D eigenvalue weighted by Gasteiger charge is 2.20. The van der Waals surface area contributed by atoms with Crippen LogP contribution >= 0.6 is 22.6 Å². The van der Waals surface area contributed by atoms with Crippen molar-refractivity contribution in [1.29, 1.82) is 0 Å². The van der Waals surface area contributed by atoms with Gasteiger partial charge in [0.2, 0.25) is 5.95 Å². The predicted molar refractivity (Wildman–Crippen MR) is 87.8 cm³/mol. The summed E-state index contributed by atoms with van der Waals surface area (Å²) in [6.07, 6.45) is 5.46. The van der Waals surface area contributed by atoms with E-state index >= 15 is 0 Å². The van der Waals surface area contributed by atoms with Gasteiger partial charge in [0.1, 0.15) is 0 Å². The Bertz CT molecular complexity index is 580. The van der Waals surface area contributed by atoms with Crippen LogP contribution in [-0.4, -0.2) is 41.1 Å². The molecule has 0 saturated carbocycles. The summed E-state index contributed by atoms with van der Waals surface area (Å²) in [6.45, 7) is 3.49. The predicted octanol–water partition coefficient (Wildman–Crippen LogP) is 1.39. The monoisotopic (exact) mass is 382 g/mol. The van der Waals surface area contributed by atoms with Gasteiger partial charge in [-0.05, 0) is 34.7 Å². The number of rotatable bonds is 2. The molecule has 0 radical (unpaired) electrons. The fraction of sp³-hybridized carbons (Fsp3) is 0.308. The lowest BCUT2D eigenvalue weighted by molar-refractivity contribution is 0.635. The van der Waals surface area contributed by atoms with Crippen LogP contribution in [0.25, 0.3) is 0 Å². The average Bonchev–Trinajstić information content (AvgIpc) is 2.49. The number of hydrogen-bond acceptors (Lipinski definition) is 6. The minimum absolute atomic E-state index is 0.728. The number of anilines is 3. The molecule has 104 valence electrons. The second-order valence-corrected chi connectivity index (χ2v) is 5.84. The van der Waals surface area contributed by atoms with E-state index in [1.165, 1.54) is 0 Å². The van der Waals surface area contributed by atoms with Crippen LogP contribution in [0.3, 0.4) is 0 Å². The van der Waals surface area contributed by atoms with E-state index in [9.17, 15) is 0 Å². The first-order valence-electron chi connectivity index (χ1n) is 6.42. The first-order valence-corrected chi connectivity index (χ1v) is 7.50. The third kappa shape index (κ3) is 2.77. The molecule has 7 heteroatoms. The summed E-state index contributed by atoms with van der Waals surface area (Å²) in [4.78, 5) is 17.5.